The molecule has 0 N–H and O–H groups in total. The Morgan fingerprint density at radius 2 is 1.51 bits per heavy atom. The van der Waals surface area contributed by atoms with E-state index < -0.39 is 14.0 Å². The number of carbonyl (C=O) groups is 1. The summed E-state index contributed by atoms with van der Waals surface area (Å²) in [6.45, 7) is 8.39. The van der Waals surface area contributed by atoms with Gasteiger partial charge in [-0.05, 0) is 59.5 Å². The minimum absolute atomic E-state index is 0.000115. The van der Waals surface area contributed by atoms with Gasteiger partial charge in [0.1, 0.15) is 0 Å². The minimum atomic E-state index is -2.49. The van der Waals surface area contributed by atoms with Crippen molar-refractivity contribution >= 4 is 24.6 Å². The van der Waals surface area contributed by atoms with Gasteiger partial charge in [0.25, 0.3) is 8.32 Å². The molecule has 1 aliphatic carbocycles. The van der Waals surface area contributed by atoms with Gasteiger partial charge >= 0.3 is 0 Å². The first-order valence-corrected chi connectivity index (χ1v) is 18.2. The van der Waals surface area contributed by atoms with Crippen molar-refractivity contribution in [1.29, 1.82) is 0 Å². The van der Waals surface area contributed by atoms with Gasteiger partial charge in [0.2, 0.25) is 5.91 Å². The Morgan fingerprint density at radius 1 is 0.884 bits per heavy atom. The van der Waals surface area contributed by atoms with Gasteiger partial charge in [-0.15, -0.1) is 0 Å². The fraction of sp³-hybridized carbons (Fsp3) is 0.447. The van der Waals surface area contributed by atoms with Crippen molar-refractivity contribution in [3.05, 3.63) is 108 Å². The van der Waals surface area contributed by atoms with E-state index in [4.69, 9.17) is 9.16 Å². The fourth-order valence-electron chi connectivity index (χ4n) is 8.14. The fourth-order valence-corrected chi connectivity index (χ4v) is 12.7. The Labute approximate surface area is 259 Å². The molecule has 3 aromatic rings. The van der Waals surface area contributed by atoms with Crippen molar-refractivity contribution in [2.24, 2.45) is 5.92 Å². The first-order chi connectivity index (χ1) is 20.9. The second-order valence-corrected chi connectivity index (χ2v) is 17.9. The summed E-state index contributed by atoms with van der Waals surface area (Å²) in [5.74, 6) is 0.561. The lowest BCUT2D eigenvalue weighted by atomic mass is 9.72. The number of rotatable bonds is 10. The van der Waals surface area contributed by atoms with Crippen molar-refractivity contribution in [1.82, 2.24) is 4.90 Å². The molecule has 6 rings (SSSR count). The maximum atomic E-state index is 13.3. The molecule has 2 heterocycles. The number of hydrogen-bond acceptors (Lipinski definition) is 3. The highest BCUT2D eigenvalue weighted by atomic mass is 28.4. The average molecular weight is 594 g/mol. The lowest BCUT2D eigenvalue weighted by Crippen LogP contribution is -2.66. The van der Waals surface area contributed by atoms with E-state index in [0.717, 1.165) is 51.6 Å². The molecule has 0 unspecified atom stereocenters. The quantitative estimate of drug-likeness (QED) is 0.138. The molecule has 2 aliphatic heterocycles. The van der Waals surface area contributed by atoms with Crippen molar-refractivity contribution in [3.8, 4) is 0 Å². The van der Waals surface area contributed by atoms with Gasteiger partial charge in [0, 0.05) is 18.9 Å². The number of nitrogens with zero attached hydrogens (tertiary/aromatic N) is 1. The molecule has 226 valence electrons. The Hall–Kier alpha value is -2.99. The average Bonchev–Trinajstić information content (AvgIpc) is 3.42. The second-order valence-electron chi connectivity index (χ2n) is 13.6. The first kappa shape index (κ1) is 30.1. The molecule has 43 heavy (non-hydrogen) atoms. The third kappa shape index (κ3) is 5.56. The van der Waals surface area contributed by atoms with Gasteiger partial charge in [-0.25, -0.2) is 0 Å². The van der Waals surface area contributed by atoms with Crippen molar-refractivity contribution < 1.29 is 14.0 Å². The molecular formula is C38H47NO3Si. The van der Waals surface area contributed by atoms with Crippen LogP contribution in [-0.2, 0) is 14.0 Å². The Balaban J connectivity index is 1.10. The zero-order chi connectivity index (χ0) is 29.9. The predicted molar refractivity (Wildman–Crippen MR) is 177 cm³/mol. The maximum Gasteiger partial charge on any atom is 0.261 e. The zero-order valence-electron chi connectivity index (χ0n) is 26.1. The topological polar surface area (TPSA) is 38.8 Å². The van der Waals surface area contributed by atoms with E-state index in [2.05, 4.69) is 117 Å². The predicted octanol–water partition coefficient (Wildman–Crippen LogP) is 7.55. The molecule has 0 saturated carbocycles. The summed E-state index contributed by atoms with van der Waals surface area (Å²) in [5, 5.41) is 2.68. The minimum Gasteiger partial charge on any atom is -0.407 e. The van der Waals surface area contributed by atoms with Crippen LogP contribution < -0.4 is 10.4 Å². The molecule has 4 nitrogen and oxygen atoms in total. The molecule has 3 atom stereocenters. The summed E-state index contributed by atoms with van der Waals surface area (Å²) in [4.78, 5) is 15.5. The second kappa shape index (κ2) is 12.5. The Bertz CT molecular complexity index is 1360. The van der Waals surface area contributed by atoms with Crippen LogP contribution in [0.1, 0.15) is 83.7 Å². The summed E-state index contributed by atoms with van der Waals surface area (Å²) in [6, 6.07) is 32.3. The summed E-state index contributed by atoms with van der Waals surface area (Å²) in [7, 11) is -2.49. The highest BCUT2D eigenvalue weighted by Crippen LogP contribution is 2.53. The number of benzene rings is 3. The van der Waals surface area contributed by atoms with Gasteiger partial charge < -0.3 is 14.1 Å². The van der Waals surface area contributed by atoms with Gasteiger partial charge in [-0.1, -0.05) is 130 Å². The Morgan fingerprint density at radius 3 is 2.14 bits per heavy atom. The van der Waals surface area contributed by atoms with Gasteiger partial charge in [-0.2, -0.15) is 0 Å². The first-order valence-electron chi connectivity index (χ1n) is 16.3. The number of unbranched alkanes of at least 4 members (excludes halogenated alkanes) is 2. The molecule has 0 bridgehead atoms. The van der Waals surface area contributed by atoms with Crippen LogP contribution in [0.2, 0.25) is 5.04 Å². The molecule has 3 aromatic carbocycles. The van der Waals surface area contributed by atoms with Crippen LogP contribution in [0, 0.1) is 5.92 Å². The highest BCUT2D eigenvalue weighted by Gasteiger charge is 2.58. The van der Waals surface area contributed by atoms with Crippen LogP contribution in [0.4, 0.5) is 0 Å². The molecule has 5 heteroatoms. The highest BCUT2D eigenvalue weighted by molar-refractivity contribution is 6.99. The maximum absolute atomic E-state index is 13.3. The van der Waals surface area contributed by atoms with Gasteiger partial charge in [0.15, 0.2) is 5.72 Å². The SMILES string of the molecule is CC(C)(C)[Si](OCCCCCC1=CCC[C@@]23OC[C@@H](c4ccccc4)N2C(=O)CC[C@@H]13)(c1ccccc1)c1ccccc1. The molecule has 1 spiro atoms. The van der Waals surface area contributed by atoms with E-state index in [9.17, 15) is 4.79 Å². The van der Waals surface area contributed by atoms with Crippen LogP contribution >= 0.6 is 0 Å². The molecule has 0 aromatic heterocycles. The molecule has 3 aliphatic rings. The van der Waals surface area contributed by atoms with Gasteiger partial charge in [0.05, 0.1) is 12.6 Å². The number of allylic oxidation sites excluding steroid dienone is 1. The largest absolute Gasteiger partial charge is 0.407 e. The lowest BCUT2D eigenvalue weighted by molar-refractivity contribution is -0.175. The van der Waals surface area contributed by atoms with Crippen LogP contribution in [0.25, 0.3) is 0 Å². The standard InChI is InChI=1S/C38H47NO3Si/c1-37(2,3)43(32-21-11-5-12-22-32,33-23-13-6-14-24-33)42-28-15-7-10-17-30-20-16-27-38-34(30)25-26-36(40)39(38)35(29-41-38)31-18-8-4-9-19-31/h4-6,8-9,11-14,18-24,34-35H,7,10,15-17,25-29H2,1-3H3/t34-,35-,38-/m0/s1. The number of carbonyl (C=O) groups excluding carboxylic acids is 1. The van der Waals surface area contributed by atoms with Gasteiger partial charge in [-0.3, -0.25) is 4.79 Å². The van der Waals surface area contributed by atoms with Crippen LogP contribution in [0.3, 0.4) is 0 Å². The monoisotopic (exact) mass is 593 g/mol. The number of amides is 1. The van der Waals surface area contributed by atoms with E-state index in [1.165, 1.54) is 21.5 Å². The third-order valence-electron chi connectivity index (χ3n) is 10.1. The molecule has 1 amide bonds. The third-order valence-corrected chi connectivity index (χ3v) is 15.1. The van der Waals surface area contributed by atoms with E-state index in [1.54, 1.807) is 0 Å². The van der Waals surface area contributed by atoms with Crippen LogP contribution in [0.15, 0.2) is 103 Å². The zero-order valence-corrected chi connectivity index (χ0v) is 27.1. The van der Waals surface area contributed by atoms with E-state index >= 15 is 0 Å². The number of ether oxygens (including phenoxy) is 1. The lowest BCUT2D eigenvalue weighted by Gasteiger charge is -2.50. The number of piperidine rings is 1. The molecular weight excluding hydrogens is 547 g/mol. The van der Waals surface area contributed by atoms with Crippen molar-refractivity contribution in [3.63, 3.8) is 0 Å². The summed E-state index contributed by atoms with van der Waals surface area (Å²) < 4.78 is 13.8. The smallest absolute Gasteiger partial charge is 0.261 e. The normalized spacial score (nSPS) is 23.9. The van der Waals surface area contributed by atoms with E-state index in [1.807, 2.05) is 6.07 Å². The van der Waals surface area contributed by atoms with Crippen molar-refractivity contribution in [2.75, 3.05) is 13.2 Å². The molecule has 2 saturated heterocycles. The summed E-state index contributed by atoms with van der Waals surface area (Å²) in [6.07, 6.45) is 10.3. The van der Waals surface area contributed by atoms with Crippen LogP contribution in [0.5, 0.6) is 0 Å². The van der Waals surface area contributed by atoms with E-state index in [-0.39, 0.29) is 17.0 Å². The summed E-state index contributed by atoms with van der Waals surface area (Å²) in [5.41, 5.74) is 2.22. The Kier molecular flexibility index (Phi) is 8.77. The van der Waals surface area contributed by atoms with Crippen molar-refractivity contribution in [2.45, 2.75) is 88.9 Å². The molecule has 0 radical (unpaired) electrons. The van der Waals surface area contributed by atoms with E-state index in [0.29, 0.717) is 18.9 Å². The summed E-state index contributed by atoms with van der Waals surface area (Å²) >= 11 is 0. The number of hydrogen-bond donors (Lipinski definition) is 0. The molecule has 2 fully saturated rings. The van der Waals surface area contributed by atoms with Crippen LogP contribution in [-0.4, -0.2) is 38.1 Å².